The van der Waals surface area contributed by atoms with Crippen LogP contribution in [0.3, 0.4) is 0 Å². The van der Waals surface area contributed by atoms with Crippen LogP contribution in [-0.2, 0) is 22.6 Å². The molecule has 0 bridgehead atoms. The van der Waals surface area contributed by atoms with Gasteiger partial charge in [-0.25, -0.2) is 19.0 Å². The van der Waals surface area contributed by atoms with Gasteiger partial charge in [0.2, 0.25) is 0 Å². The second kappa shape index (κ2) is 10.8. The number of nitrogens with one attached hydrogen (secondary N) is 2. The lowest BCUT2D eigenvalue weighted by atomic mass is 10.2. The summed E-state index contributed by atoms with van der Waals surface area (Å²) in [5.41, 5.74) is 0.913. The number of benzene rings is 1. The molecule has 30 heavy (non-hydrogen) atoms. The van der Waals surface area contributed by atoms with Gasteiger partial charge in [0.1, 0.15) is 23.7 Å². The molecule has 0 saturated carbocycles. The number of ether oxygens (including phenoxy) is 2. The van der Waals surface area contributed by atoms with E-state index < -0.39 is 23.6 Å². The molecule has 7 nitrogen and oxygen atoms in total. The Labute approximate surface area is 175 Å². The van der Waals surface area contributed by atoms with E-state index in [9.17, 15) is 14.0 Å². The Kier molecular flexibility index (Phi) is 8.18. The number of carbonyl (C=O) groups excluding carboxylic acids is 2. The molecule has 158 valence electrons. The first-order chi connectivity index (χ1) is 14.2. The highest BCUT2D eigenvalue weighted by Crippen LogP contribution is 2.08. The van der Waals surface area contributed by atoms with Crippen molar-refractivity contribution in [2.24, 2.45) is 0 Å². The standard InChI is InChI=1S/C22H24FN3O4/c1-22(2,3)30-21(28)24-11-7-10-19-17(12-18(23)14-25-19)13-26-20(27)29-15-16-8-5-4-6-9-16/h4-6,8-9,12,14H,11,13,15H2,1-3H3,(H,24,28)(H,26,27). The molecule has 1 aromatic heterocycles. The van der Waals surface area contributed by atoms with E-state index in [1.165, 1.54) is 6.07 Å². The number of aromatic nitrogens is 1. The summed E-state index contributed by atoms with van der Waals surface area (Å²) in [6.07, 6.45) is -0.205. The Morgan fingerprint density at radius 1 is 1.13 bits per heavy atom. The molecular weight excluding hydrogens is 389 g/mol. The van der Waals surface area contributed by atoms with Crippen LogP contribution in [0.25, 0.3) is 0 Å². The molecule has 0 aliphatic rings. The number of pyridine rings is 1. The van der Waals surface area contributed by atoms with Crippen LogP contribution in [0, 0.1) is 17.7 Å². The molecule has 0 saturated heterocycles. The molecule has 0 aliphatic carbocycles. The van der Waals surface area contributed by atoms with Gasteiger partial charge in [0.15, 0.2) is 0 Å². The smallest absolute Gasteiger partial charge is 0.408 e. The number of amides is 2. The molecule has 0 unspecified atom stereocenters. The molecule has 0 atom stereocenters. The second-order valence-corrected chi connectivity index (χ2v) is 7.23. The summed E-state index contributed by atoms with van der Waals surface area (Å²) in [7, 11) is 0. The molecule has 1 aromatic carbocycles. The van der Waals surface area contributed by atoms with Crippen molar-refractivity contribution in [2.45, 2.75) is 39.5 Å². The summed E-state index contributed by atoms with van der Waals surface area (Å²) in [5, 5.41) is 5.04. The molecule has 0 radical (unpaired) electrons. The maximum absolute atomic E-state index is 13.6. The fourth-order valence-electron chi connectivity index (χ4n) is 2.23. The maximum atomic E-state index is 13.6. The van der Waals surface area contributed by atoms with Crippen LogP contribution in [0.4, 0.5) is 14.0 Å². The lowest BCUT2D eigenvalue weighted by molar-refractivity contribution is 0.0535. The number of halogens is 1. The van der Waals surface area contributed by atoms with E-state index in [1.807, 2.05) is 30.3 Å². The summed E-state index contributed by atoms with van der Waals surface area (Å²) in [5.74, 6) is 4.92. The lowest BCUT2D eigenvalue weighted by Gasteiger charge is -2.19. The Morgan fingerprint density at radius 3 is 2.57 bits per heavy atom. The van der Waals surface area contributed by atoms with Crippen LogP contribution in [-0.4, -0.2) is 29.3 Å². The van der Waals surface area contributed by atoms with Crippen molar-refractivity contribution in [3.8, 4) is 11.8 Å². The Morgan fingerprint density at radius 2 is 1.87 bits per heavy atom. The van der Waals surface area contributed by atoms with Crippen molar-refractivity contribution in [1.82, 2.24) is 15.6 Å². The van der Waals surface area contributed by atoms with Crippen LogP contribution >= 0.6 is 0 Å². The average molecular weight is 413 g/mol. The van der Waals surface area contributed by atoms with Gasteiger partial charge in [0.05, 0.1) is 12.7 Å². The van der Waals surface area contributed by atoms with Crippen LogP contribution in [0.15, 0.2) is 42.6 Å². The van der Waals surface area contributed by atoms with Crippen LogP contribution in [0.5, 0.6) is 0 Å². The van der Waals surface area contributed by atoms with E-state index in [0.29, 0.717) is 5.56 Å². The summed E-state index contributed by atoms with van der Waals surface area (Å²) in [6.45, 7) is 5.40. The van der Waals surface area contributed by atoms with Gasteiger partial charge in [0.25, 0.3) is 0 Å². The second-order valence-electron chi connectivity index (χ2n) is 7.23. The molecule has 0 fully saturated rings. The highest BCUT2D eigenvalue weighted by molar-refractivity contribution is 5.68. The molecule has 8 heteroatoms. The minimum atomic E-state index is -0.645. The highest BCUT2D eigenvalue weighted by atomic mass is 19.1. The van der Waals surface area contributed by atoms with E-state index in [4.69, 9.17) is 9.47 Å². The van der Waals surface area contributed by atoms with Crippen LogP contribution in [0.1, 0.15) is 37.6 Å². The number of hydrogen-bond acceptors (Lipinski definition) is 5. The largest absolute Gasteiger partial charge is 0.445 e. The van der Waals surface area contributed by atoms with Gasteiger partial charge < -0.3 is 20.1 Å². The van der Waals surface area contributed by atoms with Gasteiger partial charge >= 0.3 is 12.2 Å². The minimum absolute atomic E-state index is 0.0120. The van der Waals surface area contributed by atoms with E-state index >= 15 is 0 Å². The van der Waals surface area contributed by atoms with Gasteiger partial charge in [-0.15, -0.1) is 0 Å². The molecule has 0 spiro atoms. The zero-order chi connectivity index (χ0) is 22.0. The Balaban J connectivity index is 1.89. The average Bonchev–Trinajstić information content (AvgIpc) is 2.68. The fraction of sp³-hybridized carbons (Fsp3) is 0.318. The molecule has 1 heterocycles. The first-order valence-electron chi connectivity index (χ1n) is 9.27. The molecule has 2 aromatic rings. The highest BCUT2D eigenvalue weighted by Gasteiger charge is 2.15. The van der Waals surface area contributed by atoms with Gasteiger partial charge in [-0.05, 0) is 38.3 Å². The maximum Gasteiger partial charge on any atom is 0.408 e. The zero-order valence-corrected chi connectivity index (χ0v) is 17.1. The van der Waals surface area contributed by atoms with E-state index in [0.717, 1.165) is 11.8 Å². The van der Waals surface area contributed by atoms with Crippen LogP contribution in [0.2, 0.25) is 0 Å². The number of alkyl carbamates (subject to hydrolysis) is 2. The predicted molar refractivity (Wildman–Crippen MR) is 109 cm³/mol. The SMILES string of the molecule is CC(C)(C)OC(=O)NCC#Cc1ncc(F)cc1CNC(=O)OCc1ccccc1. The Hall–Kier alpha value is -3.60. The van der Waals surface area contributed by atoms with Crippen molar-refractivity contribution >= 4 is 12.2 Å². The van der Waals surface area contributed by atoms with Gasteiger partial charge in [0, 0.05) is 12.1 Å². The number of carbonyl (C=O) groups is 2. The minimum Gasteiger partial charge on any atom is -0.445 e. The third-order valence-electron chi connectivity index (χ3n) is 3.50. The first-order valence-corrected chi connectivity index (χ1v) is 9.27. The van der Waals surface area contributed by atoms with E-state index in [-0.39, 0.29) is 25.4 Å². The number of hydrogen-bond donors (Lipinski definition) is 2. The van der Waals surface area contributed by atoms with Gasteiger partial charge in [-0.1, -0.05) is 36.3 Å². The third kappa shape index (κ3) is 8.61. The zero-order valence-electron chi connectivity index (χ0n) is 17.1. The van der Waals surface area contributed by atoms with Crippen molar-refractivity contribution in [2.75, 3.05) is 6.54 Å². The van der Waals surface area contributed by atoms with Crippen LogP contribution < -0.4 is 10.6 Å². The third-order valence-corrected chi connectivity index (χ3v) is 3.50. The monoisotopic (exact) mass is 413 g/mol. The Bertz CT molecular complexity index is 931. The van der Waals surface area contributed by atoms with Crippen molar-refractivity contribution in [3.05, 3.63) is 65.2 Å². The van der Waals surface area contributed by atoms with Crippen molar-refractivity contribution in [3.63, 3.8) is 0 Å². The molecule has 2 N–H and O–H groups in total. The lowest BCUT2D eigenvalue weighted by Crippen LogP contribution is -2.32. The molecule has 2 rings (SSSR count). The summed E-state index contributed by atoms with van der Waals surface area (Å²) in [6, 6.07) is 10.5. The predicted octanol–water partition coefficient (Wildman–Crippen LogP) is 3.52. The summed E-state index contributed by atoms with van der Waals surface area (Å²) < 4.78 is 23.8. The normalized spacial score (nSPS) is 10.4. The molecular formula is C22H24FN3O4. The van der Waals surface area contributed by atoms with Crippen molar-refractivity contribution < 1.29 is 23.5 Å². The topological polar surface area (TPSA) is 89.5 Å². The van der Waals surface area contributed by atoms with Gasteiger partial charge in [-0.3, -0.25) is 0 Å². The first kappa shape index (κ1) is 22.7. The van der Waals surface area contributed by atoms with Gasteiger partial charge in [-0.2, -0.15) is 0 Å². The fourth-order valence-corrected chi connectivity index (χ4v) is 2.23. The summed E-state index contributed by atoms with van der Waals surface area (Å²) in [4.78, 5) is 27.4. The van der Waals surface area contributed by atoms with E-state index in [2.05, 4.69) is 27.5 Å². The molecule has 0 aliphatic heterocycles. The number of nitrogens with zero attached hydrogens (tertiary/aromatic N) is 1. The van der Waals surface area contributed by atoms with E-state index in [1.54, 1.807) is 20.8 Å². The number of rotatable bonds is 5. The summed E-state index contributed by atoms with van der Waals surface area (Å²) >= 11 is 0. The quantitative estimate of drug-likeness (QED) is 0.732. The molecule has 2 amide bonds. The van der Waals surface area contributed by atoms with Crippen molar-refractivity contribution in [1.29, 1.82) is 0 Å².